The van der Waals surface area contributed by atoms with Crippen LogP contribution in [0.25, 0.3) is 0 Å². The van der Waals surface area contributed by atoms with Crippen molar-refractivity contribution in [3.05, 3.63) is 0 Å². The highest BCUT2D eigenvalue weighted by Gasteiger charge is 2.33. The number of rotatable bonds is 3. The average molecular weight is 268 g/mol. The Kier molecular flexibility index (Phi) is 5.22. The lowest BCUT2D eigenvalue weighted by Crippen LogP contribution is -2.53. The Hall–Kier alpha value is -0.610. The topological polar surface area (TPSA) is 32.8 Å². The van der Waals surface area contributed by atoms with Crippen molar-refractivity contribution in [3.63, 3.8) is 0 Å². The molecule has 19 heavy (non-hydrogen) atoms. The van der Waals surface area contributed by atoms with E-state index in [0.717, 1.165) is 32.7 Å². The molecule has 1 saturated heterocycles. The first kappa shape index (κ1) is 14.8. The highest BCUT2D eigenvalue weighted by molar-refractivity contribution is 5.73. The first-order chi connectivity index (χ1) is 9.15. The molecule has 0 spiro atoms. The fourth-order valence-electron chi connectivity index (χ4n) is 3.43. The zero-order chi connectivity index (χ0) is 13.7. The van der Waals surface area contributed by atoms with Gasteiger partial charge in [-0.05, 0) is 12.8 Å². The molecule has 4 heteroatoms. The van der Waals surface area contributed by atoms with E-state index in [2.05, 4.69) is 4.90 Å². The van der Waals surface area contributed by atoms with Gasteiger partial charge in [0, 0.05) is 46.8 Å². The smallest absolute Gasteiger partial charge is 0.219 e. The Balaban J connectivity index is 1.87. The van der Waals surface area contributed by atoms with Gasteiger partial charge in [-0.25, -0.2) is 0 Å². The summed E-state index contributed by atoms with van der Waals surface area (Å²) in [6, 6.07) is 0. The highest BCUT2D eigenvalue weighted by atomic mass is 16.5. The molecule has 0 N–H and O–H groups in total. The maximum Gasteiger partial charge on any atom is 0.219 e. The number of hydrogen-bond acceptors (Lipinski definition) is 3. The largest absolute Gasteiger partial charge is 0.377 e. The van der Waals surface area contributed by atoms with Gasteiger partial charge >= 0.3 is 0 Å². The minimum Gasteiger partial charge on any atom is -0.377 e. The second kappa shape index (κ2) is 6.71. The minimum atomic E-state index is 0.0644. The van der Waals surface area contributed by atoms with Crippen LogP contribution in [0.3, 0.4) is 0 Å². The van der Waals surface area contributed by atoms with Crippen molar-refractivity contribution >= 4 is 5.91 Å². The third-order valence-corrected chi connectivity index (χ3v) is 4.78. The first-order valence-electron chi connectivity index (χ1n) is 7.68. The zero-order valence-electron chi connectivity index (χ0n) is 12.5. The number of nitrogens with zero attached hydrogens (tertiary/aromatic N) is 2. The van der Waals surface area contributed by atoms with Crippen LogP contribution in [-0.4, -0.2) is 61.1 Å². The van der Waals surface area contributed by atoms with Gasteiger partial charge in [0.15, 0.2) is 0 Å². The van der Waals surface area contributed by atoms with Crippen molar-refractivity contribution < 1.29 is 9.53 Å². The van der Waals surface area contributed by atoms with E-state index in [1.165, 1.54) is 38.5 Å². The van der Waals surface area contributed by atoms with Crippen LogP contribution in [0.4, 0.5) is 0 Å². The van der Waals surface area contributed by atoms with Gasteiger partial charge < -0.3 is 9.64 Å². The molecule has 0 atom stereocenters. The number of carbonyl (C=O) groups excluding carboxylic acids is 1. The van der Waals surface area contributed by atoms with Crippen LogP contribution >= 0.6 is 0 Å². The number of hydrogen-bond donors (Lipinski definition) is 0. The minimum absolute atomic E-state index is 0.0644. The molecule has 1 aliphatic heterocycles. The molecule has 110 valence electrons. The number of methoxy groups -OCH3 is 1. The van der Waals surface area contributed by atoms with E-state index in [4.69, 9.17) is 4.74 Å². The van der Waals surface area contributed by atoms with Crippen LogP contribution < -0.4 is 0 Å². The molecule has 0 aromatic heterocycles. The Morgan fingerprint density at radius 2 is 1.63 bits per heavy atom. The van der Waals surface area contributed by atoms with Gasteiger partial charge in [-0.3, -0.25) is 9.69 Å². The summed E-state index contributed by atoms with van der Waals surface area (Å²) >= 11 is 0. The molecule has 0 bridgehead atoms. The molecule has 2 fully saturated rings. The van der Waals surface area contributed by atoms with Gasteiger partial charge in [0.05, 0.1) is 5.60 Å². The van der Waals surface area contributed by atoms with E-state index < -0.39 is 0 Å². The second-order valence-electron chi connectivity index (χ2n) is 6.08. The molecule has 4 nitrogen and oxygen atoms in total. The summed E-state index contributed by atoms with van der Waals surface area (Å²) in [6.45, 7) is 6.42. The first-order valence-corrected chi connectivity index (χ1v) is 7.68. The molecule has 1 aliphatic carbocycles. The molecule has 0 unspecified atom stereocenters. The molecule has 0 radical (unpaired) electrons. The third-order valence-electron chi connectivity index (χ3n) is 4.78. The average Bonchev–Trinajstić information content (AvgIpc) is 2.65. The normalized spacial score (nSPS) is 25.1. The van der Waals surface area contributed by atoms with Gasteiger partial charge in [-0.1, -0.05) is 25.7 Å². The predicted octanol–water partition coefficient (Wildman–Crippen LogP) is 1.89. The van der Waals surface area contributed by atoms with Crippen LogP contribution in [0.15, 0.2) is 0 Å². The lowest BCUT2D eigenvalue weighted by atomic mass is 9.93. The third kappa shape index (κ3) is 3.93. The van der Waals surface area contributed by atoms with Crippen molar-refractivity contribution in [2.24, 2.45) is 0 Å². The van der Waals surface area contributed by atoms with Gasteiger partial charge in [-0.2, -0.15) is 0 Å². The number of carbonyl (C=O) groups is 1. The van der Waals surface area contributed by atoms with Gasteiger partial charge in [0.25, 0.3) is 0 Å². The lowest BCUT2D eigenvalue weighted by molar-refractivity contribution is -0.131. The summed E-state index contributed by atoms with van der Waals surface area (Å²) in [6.07, 6.45) is 7.67. The Morgan fingerprint density at radius 3 is 2.11 bits per heavy atom. The lowest BCUT2D eigenvalue weighted by Gasteiger charge is -2.41. The fourth-order valence-corrected chi connectivity index (χ4v) is 3.43. The van der Waals surface area contributed by atoms with E-state index in [9.17, 15) is 4.79 Å². The molecule has 0 aromatic rings. The maximum absolute atomic E-state index is 11.3. The fraction of sp³-hybridized carbons (Fsp3) is 0.933. The Labute approximate surface area is 117 Å². The molecule has 0 aromatic carbocycles. The molecule has 1 amide bonds. The maximum atomic E-state index is 11.3. The summed E-state index contributed by atoms with van der Waals surface area (Å²) in [5, 5.41) is 0. The van der Waals surface area contributed by atoms with Crippen molar-refractivity contribution in [1.82, 2.24) is 9.80 Å². The summed E-state index contributed by atoms with van der Waals surface area (Å²) in [5.41, 5.74) is 0.0644. The summed E-state index contributed by atoms with van der Waals surface area (Å²) in [5.74, 6) is 0.204. The SMILES string of the molecule is COC1(CN2CCN(C(C)=O)CC2)CCCCCC1. The quantitative estimate of drug-likeness (QED) is 0.733. The van der Waals surface area contributed by atoms with Crippen LogP contribution in [-0.2, 0) is 9.53 Å². The Bertz CT molecular complexity index is 291. The van der Waals surface area contributed by atoms with Gasteiger partial charge in [0.1, 0.15) is 0 Å². The van der Waals surface area contributed by atoms with Crippen LogP contribution in [0, 0.1) is 0 Å². The van der Waals surface area contributed by atoms with E-state index >= 15 is 0 Å². The summed E-state index contributed by atoms with van der Waals surface area (Å²) < 4.78 is 5.91. The van der Waals surface area contributed by atoms with E-state index in [0.29, 0.717) is 0 Å². The van der Waals surface area contributed by atoms with E-state index in [1.807, 2.05) is 12.0 Å². The monoisotopic (exact) mass is 268 g/mol. The number of ether oxygens (including phenoxy) is 1. The van der Waals surface area contributed by atoms with E-state index in [1.54, 1.807) is 6.92 Å². The second-order valence-corrected chi connectivity index (χ2v) is 6.08. The van der Waals surface area contributed by atoms with Crippen LogP contribution in [0.5, 0.6) is 0 Å². The van der Waals surface area contributed by atoms with E-state index in [-0.39, 0.29) is 11.5 Å². The van der Waals surface area contributed by atoms with Crippen molar-refractivity contribution in [2.75, 3.05) is 39.8 Å². The summed E-state index contributed by atoms with van der Waals surface area (Å²) in [7, 11) is 1.87. The Morgan fingerprint density at radius 1 is 1.05 bits per heavy atom. The predicted molar refractivity (Wildman–Crippen MR) is 76.1 cm³/mol. The molecule has 2 rings (SSSR count). The van der Waals surface area contributed by atoms with Gasteiger partial charge in [-0.15, -0.1) is 0 Å². The summed E-state index contributed by atoms with van der Waals surface area (Å²) in [4.78, 5) is 15.8. The standard InChI is InChI=1S/C15H28N2O2/c1-14(18)17-11-9-16(10-12-17)13-15(19-2)7-5-3-4-6-8-15/h3-13H2,1-2H3. The van der Waals surface area contributed by atoms with Crippen LogP contribution in [0.2, 0.25) is 0 Å². The molecule has 1 heterocycles. The molecule has 2 aliphatic rings. The molecule has 1 saturated carbocycles. The highest BCUT2D eigenvalue weighted by Crippen LogP contribution is 2.31. The van der Waals surface area contributed by atoms with Crippen molar-refractivity contribution in [3.8, 4) is 0 Å². The zero-order valence-corrected chi connectivity index (χ0v) is 12.5. The number of piperazine rings is 1. The number of amides is 1. The van der Waals surface area contributed by atoms with Crippen molar-refractivity contribution in [1.29, 1.82) is 0 Å². The molecular weight excluding hydrogens is 240 g/mol. The van der Waals surface area contributed by atoms with Gasteiger partial charge in [0.2, 0.25) is 5.91 Å². The van der Waals surface area contributed by atoms with Crippen LogP contribution in [0.1, 0.15) is 45.4 Å². The molecular formula is C15H28N2O2. The van der Waals surface area contributed by atoms with Crippen molar-refractivity contribution in [2.45, 2.75) is 51.0 Å².